The molecule has 2 aromatic carbocycles. The molecule has 0 saturated heterocycles. The van der Waals surface area contributed by atoms with E-state index >= 15 is 0 Å². The number of fused-ring (bicyclic) bond motifs is 2. The van der Waals surface area contributed by atoms with Crippen molar-refractivity contribution in [2.24, 2.45) is 0 Å². The fourth-order valence-electron chi connectivity index (χ4n) is 3.44. The number of rotatable bonds is 3. The number of para-hydroxylation sites is 2. The summed E-state index contributed by atoms with van der Waals surface area (Å²) in [5.41, 5.74) is 3.67. The molecular weight excluding hydrogens is 368 g/mol. The third-order valence-electron chi connectivity index (χ3n) is 4.90. The van der Waals surface area contributed by atoms with E-state index in [-0.39, 0.29) is 5.91 Å². The Balaban J connectivity index is 1.33. The molecule has 2 aromatic heterocycles. The molecule has 1 amide bonds. The number of anilines is 1. The number of hydrogen-bond donors (Lipinski definition) is 1. The van der Waals surface area contributed by atoms with Gasteiger partial charge in [-0.25, -0.2) is 14.8 Å². The van der Waals surface area contributed by atoms with Crippen molar-refractivity contribution >= 4 is 28.6 Å². The summed E-state index contributed by atoms with van der Waals surface area (Å²) in [6, 6.07) is 18.5. The summed E-state index contributed by atoms with van der Waals surface area (Å²) in [5, 5.41) is 2.77. The zero-order valence-corrected chi connectivity index (χ0v) is 15.3. The Morgan fingerprint density at radius 2 is 1.86 bits per heavy atom. The number of carbonyl (C=O) groups is 2. The van der Waals surface area contributed by atoms with E-state index in [1.165, 1.54) is 0 Å². The molecule has 1 aliphatic rings. The maximum Gasteiger partial charge on any atom is 0.339 e. The van der Waals surface area contributed by atoms with Crippen LogP contribution in [0.3, 0.4) is 0 Å². The van der Waals surface area contributed by atoms with Gasteiger partial charge in [0.05, 0.1) is 28.5 Å². The Bertz CT molecular complexity index is 1230. The number of hydrogen-bond acceptors (Lipinski definition) is 5. The van der Waals surface area contributed by atoms with E-state index in [1.807, 2.05) is 41.0 Å². The van der Waals surface area contributed by atoms with Crippen LogP contribution >= 0.6 is 0 Å². The molecule has 0 spiro atoms. The highest BCUT2D eigenvalue weighted by molar-refractivity contribution is 6.00. The fraction of sp³-hybridized carbons (Fsp3) is 0.0909. The lowest BCUT2D eigenvalue weighted by atomic mass is 9.98. The van der Waals surface area contributed by atoms with Gasteiger partial charge >= 0.3 is 5.97 Å². The first-order valence-electron chi connectivity index (χ1n) is 9.17. The number of ether oxygens (including phenoxy) is 1. The first-order valence-corrected chi connectivity index (χ1v) is 9.17. The molecule has 7 nitrogen and oxygen atoms in total. The van der Waals surface area contributed by atoms with E-state index < -0.39 is 12.1 Å². The lowest BCUT2D eigenvalue weighted by molar-refractivity contribution is -0.125. The predicted octanol–water partition coefficient (Wildman–Crippen LogP) is 3.14. The van der Waals surface area contributed by atoms with Crippen molar-refractivity contribution in [3.8, 4) is 5.82 Å². The van der Waals surface area contributed by atoms with Gasteiger partial charge in [0.25, 0.3) is 5.91 Å². The summed E-state index contributed by atoms with van der Waals surface area (Å²) in [4.78, 5) is 33.5. The fourth-order valence-corrected chi connectivity index (χ4v) is 3.44. The van der Waals surface area contributed by atoms with Crippen LogP contribution < -0.4 is 5.32 Å². The number of amides is 1. The summed E-state index contributed by atoms with van der Waals surface area (Å²) < 4.78 is 7.17. The lowest BCUT2D eigenvalue weighted by Crippen LogP contribution is -2.38. The van der Waals surface area contributed by atoms with Crippen LogP contribution in [-0.4, -0.2) is 32.5 Å². The van der Waals surface area contributed by atoms with Gasteiger partial charge in [-0.05, 0) is 35.9 Å². The first-order chi connectivity index (χ1) is 14.2. The third-order valence-corrected chi connectivity index (χ3v) is 4.90. The summed E-state index contributed by atoms with van der Waals surface area (Å²) in [5.74, 6) is -0.169. The van der Waals surface area contributed by atoms with Crippen LogP contribution in [0.25, 0.3) is 16.9 Å². The molecule has 0 fully saturated rings. The van der Waals surface area contributed by atoms with Crippen molar-refractivity contribution in [3.05, 3.63) is 84.3 Å². The van der Waals surface area contributed by atoms with Crippen molar-refractivity contribution in [1.29, 1.82) is 0 Å². The first kappa shape index (κ1) is 17.1. The SMILES string of the molecule is O=C1OC(C(=O)Nc2ccc(-n3cnc4ccccc43)nc2)Cc2ccccc21. The smallest absolute Gasteiger partial charge is 0.339 e. The van der Waals surface area contributed by atoms with Crippen molar-refractivity contribution in [2.75, 3.05) is 5.32 Å². The number of imidazole rings is 1. The van der Waals surface area contributed by atoms with Crippen LogP contribution in [0, 0.1) is 0 Å². The summed E-state index contributed by atoms with van der Waals surface area (Å²) >= 11 is 0. The maximum absolute atomic E-state index is 12.6. The molecule has 0 aliphatic carbocycles. The minimum atomic E-state index is -0.866. The lowest BCUT2D eigenvalue weighted by Gasteiger charge is -2.23. The van der Waals surface area contributed by atoms with Gasteiger partial charge in [0, 0.05) is 6.42 Å². The molecule has 1 atom stereocenters. The quantitative estimate of drug-likeness (QED) is 0.549. The molecule has 3 heterocycles. The van der Waals surface area contributed by atoms with Crippen LogP contribution in [0.2, 0.25) is 0 Å². The number of cyclic esters (lactones) is 1. The van der Waals surface area contributed by atoms with Crippen LogP contribution in [0.1, 0.15) is 15.9 Å². The second-order valence-electron chi connectivity index (χ2n) is 6.75. The third kappa shape index (κ3) is 3.12. The topological polar surface area (TPSA) is 86.1 Å². The largest absolute Gasteiger partial charge is 0.448 e. The summed E-state index contributed by atoms with van der Waals surface area (Å²) in [6.45, 7) is 0. The van der Waals surface area contributed by atoms with Crippen LogP contribution in [0.5, 0.6) is 0 Å². The van der Waals surface area contributed by atoms with Gasteiger partial charge in [0.2, 0.25) is 0 Å². The van der Waals surface area contributed by atoms with Gasteiger partial charge in [-0.3, -0.25) is 9.36 Å². The van der Waals surface area contributed by atoms with Gasteiger partial charge < -0.3 is 10.1 Å². The zero-order valence-electron chi connectivity index (χ0n) is 15.3. The molecule has 142 valence electrons. The molecule has 0 saturated carbocycles. The Hall–Kier alpha value is -4.00. The number of benzene rings is 2. The molecule has 7 heteroatoms. The molecule has 1 N–H and O–H groups in total. The summed E-state index contributed by atoms with van der Waals surface area (Å²) in [7, 11) is 0. The average Bonchev–Trinajstić information content (AvgIpc) is 3.18. The molecular formula is C22H16N4O3. The Morgan fingerprint density at radius 3 is 2.72 bits per heavy atom. The Morgan fingerprint density at radius 1 is 1.03 bits per heavy atom. The predicted molar refractivity (Wildman–Crippen MR) is 107 cm³/mol. The molecule has 5 rings (SSSR count). The number of nitrogens with one attached hydrogen (secondary N) is 1. The number of nitrogens with zero attached hydrogens (tertiary/aromatic N) is 3. The van der Waals surface area contributed by atoms with E-state index in [9.17, 15) is 9.59 Å². The second-order valence-corrected chi connectivity index (χ2v) is 6.75. The number of carbonyl (C=O) groups excluding carboxylic acids is 2. The zero-order chi connectivity index (χ0) is 19.8. The van der Waals surface area contributed by atoms with Crippen molar-refractivity contribution in [3.63, 3.8) is 0 Å². The average molecular weight is 384 g/mol. The molecule has 0 bridgehead atoms. The molecule has 0 radical (unpaired) electrons. The van der Waals surface area contributed by atoms with Gasteiger partial charge in [-0.15, -0.1) is 0 Å². The highest BCUT2D eigenvalue weighted by Crippen LogP contribution is 2.22. The standard InChI is InChI=1S/C22H16N4O3/c27-21(19-11-14-5-1-2-6-16(14)22(28)29-19)25-15-9-10-20(23-12-15)26-13-24-17-7-3-4-8-18(17)26/h1-10,12-13,19H,11H2,(H,25,27). The summed E-state index contributed by atoms with van der Waals surface area (Å²) in [6.07, 6.45) is 2.76. The number of pyridine rings is 1. The van der Waals surface area contributed by atoms with Gasteiger partial charge in [0.1, 0.15) is 12.1 Å². The van der Waals surface area contributed by atoms with Crippen LogP contribution in [0.15, 0.2) is 73.2 Å². The molecule has 29 heavy (non-hydrogen) atoms. The van der Waals surface area contributed by atoms with Crippen LogP contribution in [0.4, 0.5) is 5.69 Å². The van der Waals surface area contributed by atoms with Gasteiger partial charge in [-0.1, -0.05) is 30.3 Å². The van der Waals surface area contributed by atoms with Gasteiger partial charge in [-0.2, -0.15) is 0 Å². The maximum atomic E-state index is 12.6. The Kier molecular flexibility index (Phi) is 4.05. The van der Waals surface area contributed by atoms with Crippen molar-refractivity contribution < 1.29 is 14.3 Å². The normalized spacial score (nSPS) is 15.6. The molecule has 1 unspecified atom stereocenters. The van der Waals surface area contributed by atoms with Gasteiger partial charge in [0.15, 0.2) is 6.10 Å². The number of aromatic nitrogens is 3. The van der Waals surface area contributed by atoms with E-state index in [0.717, 1.165) is 16.6 Å². The minimum Gasteiger partial charge on any atom is -0.448 e. The van der Waals surface area contributed by atoms with E-state index in [1.54, 1.807) is 36.8 Å². The monoisotopic (exact) mass is 384 g/mol. The Labute approximate surface area is 166 Å². The van der Waals surface area contributed by atoms with E-state index in [4.69, 9.17) is 4.74 Å². The highest BCUT2D eigenvalue weighted by Gasteiger charge is 2.31. The molecule has 4 aromatic rings. The van der Waals surface area contributed by atoms with Crippen molar-refractivity contribution in [1.82, 2.24) is 14.5 Å². The second kappa shape index (κ2) is 6.87. The van der Waals surface area contributed by atoms with Crippen LogP contribution in [-0.2, 0) is 16.0 Å². The number of esters is 1. The van der Waals surface area contributed by atoms with E-state index in [2.05, 4.69) is 15.3 Å². The minimum absolute atomic E-state index is 0.348. The van der Waals surface area contributed by atoms with Crippen molar-refractivity contribution in [2.45, 2.75) is 12.5 Å². The molecule has 1 aliphatic heterocycles. The van der Waals surface area contributed by atoms with E-state index in [0.29, 0.717) is 23.5 Å². The highest BCUT2D eigenvalue weighted by atomic mass is 16.5.